The molecule has 0 saturated heterocycles. The molecule has 1 nitrogen and oxygen atoms in total. The lowest BCUT2D eigenvalue weighted by Gasteiger charge is -2.23. The van der Waals surface area contributed by atoms with Crippen LogP contribution in [0.4, 0.5) is 0 Å². The van der Waals surface area contributed by atoms with Gasteiger partial charge in [-0.2, -0.15) is 0 Å². The van der Waals surface area contributed by atoms with Gasteiger partial charge in [-0.3, -0.25) is 0 Å². The second-order valence-corrected chi connectivity index (χ2v) is 6.55. The van der Waals surface area contributed by atoms with Crippen LogP contribution in [0.1, 0.15) is 64.2 Å². The summed E-state index contributed by atoms with van der Waals surface area (Å²) in [6.45, 7) is 13.5. The van der Waals surface area contributed by atoms with Crippen molar-refractivity contribution < 1.29 is 4.74 Å². The third kappa shape index (κ3) is 2.20. The van der Waals surface area contributed by atoms with Crippen molar-refractivity contribution in [1.29, 1.82) is 0 Å². The van der Waals surface area contributed by atoms with E-state index in [1.54, 1.807) is 0 Å². The van der Waals surface area contributed by atoms with Crippen molar-refractivity contribution >= 4 is 0 Å². The average Bonchev–Trinajstić information content (AvgIpc) is 2.54. The molecule has 0 bridgehead atoms. The van der Waals surface area contributed by atoms with Crippen LogP contribution in [0.5, 0.6) is 5.75 Å². The Morgan fingerprint density at radius 3 is 2.41 bits per heavy atom. The van der Waals surface area contributed by atoms with E-state index in [0.29, 0.717) is 12.0 Å². The topological polar surface area (TPSA) is 9.23 Å². The Morgan fingerprint density at radius 2 is 1.88 bits per heavy atom. The van der Waals surface area contributed by atoms with Crippen LogP contribution in [-0.2, 0) is 11.8 Å². The minimum Gasteiger partial charge on any atom is -0.490 e. The van der Waals surface area contributed by atoms with Gasteiger partial charge in [-0.25, -0.2) is 0 Å². The maximum Gasteiger partial charge on any atom is 0.126 e. The van der Waals surface area contributed by atoms with E-state index in [2.05, 4.69) is 53.7 Å². The predicted molar refractivity (Wildman–Crippen MR) is 73.0 cm³/mol. The fourth-order valence-corrected chi connectivity index (χ4v) is 2.68. The van der Waals surface area contributed by atoms with Crippen LogP contribution in [0, 0.1) is 0 Å². The van der Waals surface area contributed by atoms with Crippen molar-refractivity contribution in [2.45, 2.75) is 65.4 Å². The van der Waals surface area contributed by atoms with Crippen molar-refractivity contribution in [2.24, 2.45) is 0 Å². The molecule has 0 N–H and O–H groups in total. The van der Waals surface area contributed by atoms with Crippen LogP contribution >= 0.6 is 0 Å². The van der Waals surface area contributed by atoms with E-state index in [9.17, 15) is 0 Å². The van der Waals surface area contributed by atoms with Crippen LogP contribution in [0.3, 0.4) is 0 Å². The zero-order valence-corrected chi connectivity index (χ0v) is 11.9. The maximum atomic E-state index is 6.04. The highest BCUT2D eigenvalue weighted by Crippen LogP contribution is 2.42. The van der Waals surface area contributed by atoms with Gasteiger partial charge in [-0.1, -0.05) is 46.8 Å². The summed E-state index contributed by atoms with van der Waals surface area (Å²) in [6.07, 6.45) is 1.38. The first-order chi connectivity index (χ1) is 7.80. The van der Waals surface area contributed by atoms with Gasteiger partial charge in [0.2, 0.25) is 0 Å². The lowest BCUT2D eigenvalue weighted by molar-refractivity contribution is 0.252. The third-order valence-corrected chi connectivity index (χ3v) is 3.53. The molecule has 1 unspecified atom stereocenters. The molecular formula is C16H24O. The van der Waals surface area contributed by atoms with Crippen molar-refractivity contribution in [1.82, 2.24) is 0 Å². The summed E-state index contributed by atoms with van der Waals surface area (Å²) in [7, 11) is 0. The molecule has 1 aromatic rings. The number of ether oxygens (including phenoxy) is 1. The van der Waals surface area contributed by atoms with Crippen LogP contribution in [0.15, 0.2) is 12.1 Å². The van der Waals surface area contributed by atoms with E-state index in [1.807, 2.05) is 0 Å². The number of fused-ring (bicyclic) bond motifs is 1. The smallest absolute Gasteiger partial charge is 0.126 e. The molecule has 0 spiro atoms. The number of rotatable bonds is 1. The molecule has 0 aliphatic carbocycles. The summed E-state index contributed by atoms with van der Waals surface area (Å²) in [5, 5.41) is 0. The minimum absolute atomic E-state index is 0.201. The summed E-state index contributed by atoms with van der Waals surface area (Å²) in [4.78, 5) is 0. The number of benzene rings is 1. The van der Waals surface area contributed by atoms with Gasteiger partial charge >= 0.3 is 0 Å². The Hall–Kier alpha value is -0.980. The van der Waals surface area contributed by atoms with Gasteiger partial charge in [0.25, 0.3) is 0 Å². The van der Waals surface area contributed by atoms with E-state index in [-0.39, 0.29) is 5.41 Å². The van der Waals surface area contributed by atoms with Crippen LogP contribution in [0.25, 0.3) is 0 Å². The summed E-state index contributed by atoms with van der Waals surface area (Å²) >= 11 is 0. The summed E-state index contributed by atoms with van der Waals surface area (Å²) in [6, 6.07) is 4.55. The Kier molecular flexibility index (Phi) is 2.97. The molecule has 1 aromatic carbocycles. The highest BCUT2D eigenvalue weighted by atomic mass is 16.5. The van der Waals surface area contributed by atoms with E-state index >= 15 is 0 Å². The first-order valence-electron chi connectivity index (χ1n) is 6.63. The molecule has 94 valence electrons. The molecule has 1 aliphatic heterocycles. The molecule has 1 heterocycles. The molecule has 0 radical (unpaired) electrons. The molecule has 1 atom stereocenters. The largest absolute Gasteiger partial charge is 0.490 e. The first kappa shape index (κ1) is 12.5. The lowest BCUT2D eigenvalue weighted by atomic mass is 9.81. The number of hydrogen-bond donors (Lipinski definition) is 0. The van der Waals surface area contributed by atoms with Crippen molar-refractivity contribution in [3.8, 4) is 5.75 Å². The molecule has 1 aliphatic rings. The van der Waals surface area contributed by atoms with Gasteiger partial charge in [0, 0.05) is 12.0 Å². The second kappa shape index (κ2) is 4.04. The van der Waals surface area contributed by atoms with Gasteiger partial charge in [-0.15, -0.1) is 0 Å². The molecular weight excluding hydrogens is 208 g/mol. The van der Waals surface area contributed by atoms with Crippen molar-refractivity contribution in [2.75, 3.05) is 0 Å². The first-order valence-corrected chi connectivity index (χ1v) is 6.63. The van der Waals surface area contributed by atoms with Gasteiger partial charge in [0.1, 0.15) is 11.9 Å². The van der Waals surface area contributed by atoms with Crippen molar-refractivity contribution in [3.63, 3.8) is 0 Å². The highest BCUT2D eigenvalue weighted by molar-refractivity contribution is 5.52. The minimum atomic E-state index is 0.201. The predicted octanol–water partition coefficient (Wildman–Crippen LogP) is 4.43. The van der Waals surface area contributed by atoms with Gasteiger partial charge in [0.05, 0.1) is 0 Å². The van der Waals surface area contributed by atoms with E-state index in [0.717, 1.165) is 6.42 Å². The molecule has 0 fully saturated rings. The number of hydrogen-bond acceptors (Lipinski definition) is 1. The Labute approximate surface area is 105 Å². The van der Waals surface area contributed by atoms with Gasteiger partial charge in [0.15, 0.2) is 0 Å². The van der Waals surface area contributed by atoms with Crippen LogP contribution in [0.2, 0.25) is 0 Å². The van der Waals surface area contributed by atoms with Crippen LogP contribution < -0.4 is 4.74 Å². The monoisotopic (exact) mass is 232 g/mol. The Bertz CT molecular complexity index is 424. The highest BCUT2D eigenvalue weighted by Gasteiger charge is 2.29. The zero-order valence-electron chi connectivity index (χ0n) is 11.9. The fourth-order valence-electron chi connectivity index (χ4n) is 2.68. The average molecular weight is 232 g/mol. The van der Waals surface area contributed by atoms with E-state index < -0.39 is 0 Å². The normalized spacial score (nSPS) is 19.4. The lowest BCUT2D eigenvalue weighted by Crippen LogP contribution is -2.14. The quantitative estimate of drug-likeness (QED) is 0.696. The van der Waals surface area contributed by atoms with Crippen molar-refractivity contribution in [3.05, 3.63) is 28.8 Å². The van der Waals surface area contributed by atoms with Gasteiger partial charge in [-0.05, 0) is 29.4 Å². The van der Waals surface area contributed by atoms with E-state index in [4.69, 9.17) is 4.74 Å². The molecule has 0 saturated carbocycles. The molecule has 0 amide bonds. The Morgan fingerprint density at radius 1 is 1.24 bits per heavy atom. The molecule has 2 rings (SSSR count). The maximum absolute atomic E-state index is 6.04. The molecule has 1 heteroatoms. The summed E-state index contributed by atoms with van der Waals surface area (Å²) in [5.41, 5.74) is 4.45. The Balaban J connectivity index is 2.59. The van der Waals surface area contributed by atoms with Crippen LogP contribution in [-0.4, -0.2) is 6.10 Å². The second-order valence-electron chi connectivity index (χ2n) is 6.55. The van der Waals surface area contributed by atoms with Gasteiger partial charge < -0.3 is 4.74 Å². The fraction of sp³-hybridized carbons (Fsp3) is 0.625. The molecule has 17 heavy (non-hydrogen) atoms. The summed E-state index contributed by atoms with van der Waals surface area (Å²) in [5.74, 6) is 1.70. The zero-order chi connectivity index (χ0) is 12.8. The summed E-state index contributed by atoms with van der Waals surface area (Å²) < 4.78 is 6.04. The van der Waals surface area contributed by atoms with E-state index in [1.165, 1.54) is 22.4 Å². The molecule has 0 aromatic heterocycles. The standard InChI is InChI=1S/C16H24O/c1-10(2)12-7-8-14(16(4,5)6)13-9-11(3)17-15(12)13/h7-8,10-11H,9H2,1-6H3. The SMILES string of the molecule is CC1Cc2c(C(C)(C)C)ccc(C(C)C)c2O1. The third-order valence-electron chi connectivity index (χ3n) is 3.53.